The minimum atomic E-state index is -0.281. The topological polar surface area (TPSA) is 108 Å². The number of amides is 1. The second-order valence-corrected chi connectivity index (χ2v) is 8.55. The first-order chi connectivity index (χ1) is 14.5. The fraction of sp³-hybridized carbons (Fsp3) is 0.476. The number of aryl methyl sites for hydroxylation is 1. The normalized spacial score (nSPS) is 21.5. The van der Waals surface area contributed by atoms with Crippen molar-refractivity contribution >= 4 is 16.7 Å². The Balaban J connectivity index is 1.33. The van der Waals surface area contributed by atoms with Crippen LogP contribution in [0.4, 0.5) is 0 Å². The highest BCUT2D eigenvalue weighted by atomic mass is 16.5. The first kappa shape index (κ1) is 18.9. The summed E-state index contributed by atoms with van der Waals surface area (Å²) in [6.07, 6.45) is 2.77. The molecule has 2 aliphatic rings. The number of rotatable bonds is 2. The van der Waals surface area contributed by atoms with Crippen LogP contribution in [-0.4, -0.2) is 62.7 Å². The largest absolute Gasteiger partial charge is 0.338 e. The van der Waals surface area contributed by atoms with Crippen LogP contribution in [0.5, 0.6) is 0 Å². The Kier molecular flexibility index (Phi) is 4.43. The van der Waals surface area contributed by atoms with Crippen LogP contribution in [0, 0.1) is 12.3 Å². The van der Waals surface area contributed by atoms with Crippen LogP contribution in [0.2, 0.25) is 0 Å². The zero-order valence-corrected chi connectivity index (χ0v) is 17.1. The Bertz CT molecular complexity index is 1160. The lowest BCUT2D eigenvalue weighted by atomic mass is 9.76. The van der Waals surface area contributed by atoms with E-state index in [1.54, 1.807) is 18.2 Å². The molecule has 2 saturated heterocycles. The maximum Gasteiger partial charge on any atom is 0.274 e. The zero-order chi connectivity index (χ0) is 20.9. The van der Waals surface area contributed by atoms with Gasteiger partial charge in [0.2, 0.25) is 5.89 Å². The summed E-state index contributed by atoms with van der Waals surface area (Å²) in [4.78, 5) is 33.7. The molecule has 1 amide bonds. The second kappa shape index (κ2) is 7.02. The van der Waals surface area contributed by atoms with E-state index in [2.05, 4.69) is 32.3 Å². The Morgan fingerprint density at radius 2 is 1.97 bits per heavy atom. The minimum absolute atomic E-state index is 0.123. The van der Waals surface area contributed by atoms with E-state index in [-0.39, 0.29) is 22.9 Å². The molecule has 0 aliphatic carbocycles. The predicted octanol–water partition coefficient (Wildman–Crippen LogP) is 1.91. The Morgan fingerprint density at radius 1 is 1.23 bits per heavy atom. The lowest BCUT2D eigenvalue weighted by Crippen LogP contribution is -2.44. The first-order valence-corrected chi connectivity index (χ1v) is 10.2. The predicted molar refractivity (Wildman–Crippen MR) is 109 cm³/mol. The molecule has 0 saturated carbocycles. The van der Waals surface area contributed by atoms with Gasteiger partial charge in [0, 0.05) is 25.0 Å². The summed E-state index contributed by atoms with van der Waals surface area (Å²) in [5, 5.41) is 11.5. The van der Waals surface area contributed by atoms with E-state index < -0.39 is 0 Å². The van der Waals surface area contributed by atoms with Crippen molar-refractivity contribution in [2.24, 2.45) is 5.41 Å². The highest BCUT2D eigenvalue weighted by Crippen LogP contribution is 2.48. The van der Waals surface area contributed by atoms with Gasteiger partial charge in [-0.2, -0.15) is 10.1 Å². The maximum atomic E-state index is 13.2. The molecule has 1 atom stereocenters. The molecule has 1 spiro atoms. The number of nitrogens with zero attached hydrogens (tertiary/aromatic N) is 5. The zero-order valence-electron chi connectivity index (χ0n) is 17.1. The van der Waals surface area contributed by atoms with Crippen molar-refractivity contribution in [3.05, 3.63) is 52.0 Å². The third-order valence-electron chi connectivity index (χ3n) is 6.58. The van der Waals surface area contributed by atoms with E-state index >= 15 is 0 Å². The number of piperidine rings is 1. The molecule has 2 aromatic heterocycles. The quantitative estimate of drug-likeness (QED) is 0.690. The molecule has 9 heteroatoms. The fourth-order valence-corrected chi connectivity index (χ4v) is 4.97. The van der Waals surface area contributed by atoms with Crippen LogP contribution in [-0.2, 0) is 0 Å². The molecule has 156 valence electrons. The molecule has 0 radical (unpaired) electrons. The summed E-state index contributed by atoms with van der Waals surface area (Å²) < 4.78 is 5.42. The van der Waals surface area contributed by atoms with Crippen molar-refractivity contribution in [2.45, 2.75) is 32.2 Å². The summed E-state index contributed by atoms with van der Waals surface area (Å²) in [5.41, 5.74) is 0.166. The lowest BCUT2D eigenvalue weighted by Gasteiger charge is -2.39. The molecule has 30 heavy (non-hydrogen) atoms. The van der Waals surface area contributed by atoms with Gasteiger partial charge in [-0.25, -0.2) is 5.10 Å². The number of fused-ring (bicyclic) bond motifs is 1. The highest BCUT2D eigenvalue weighted by Gasteiger charge is 2.47. The average molecular weight is 408 g/mol. The number of aromatic amines is 1. The van der Waals surface area contributed by atoms with E-state index in [0.717, 1.165) is 25.8 Å². The van der Waals surface area contributed by atoms with Crippen LogP contribution in [0.25, 0.3) is 10.8 Å². The van der Waals surface area contributed by atoms with Gasteiger partial charge in [-0.05, 0) is 44.7 Å². The molecule has 4 heterocycles. The average Bonchev–Trinajstić information content (AvgIpc) is 3.31. The standard InChI is InChI=1S/C21H24N6O3/c1-13-22-19(30-25-13)16-11-21(12-26(16)2)7-9-27(10-8-21)20(29)17-14-5-3-4-6-15(14)18(28)24-23-17/h3-6,16H,7-12H2,1-2H3,(H,24,28). The van der Waals surface area contributed by atoms with Gasteiger partial charge in [-0.1, -0.05) is 23.4 Å². The molecule has 1 N–H and O–H groups in total. The van der Waals surface area contributed by atoms with Crippen LogP contribution in [0.15, 0.2) is 33.6 Å². The monoisotopic (exact) mass is 408 g/mol. The number of benzene rings is 1. The van der Waals surface area contributed by atoms with Gasteiger partial charge in [-0.15, -0.1) is 0 Å². The molecule has 3 aromatic rings. The van der Waals surface area contributed by atoms with E-state index in [0.29, 0.717) is 41.3 Å². The molecule has 1 aromatic carbocycles. The van der Waals surface area contributed by atoms with E-state index in [9.17, 15) is 9.59 Å². The van der Waals surface area contributed by atoms with Crippen molar-refractivity contribution < 1.29 is 9.32 Å². The molecule has 2 aliphatic heterocycles. The van der Waals surface area contributed by atoms with Crippen LogP contribution >= 0.6 is 0 Å². The van der Waals surface area contributed by atoms with Crippen LogP contribution in [0.3, 0.4) is 0 Å². The SMILES string of the molecule is Cc1noc(C2CC3(CCN(C(=O)c4n[nH]c(=O)c5ccccc45)CC3)CN2C)n1. The first-order valence-electron chi connectivity index (χ1n) is 10.2. The summed E-state index contributed by atoms with van der Waals surface area (Å²) in [5.74, 6) is 1.20. The fourth-order valence-electron chi connectivity index (χ4n) is 4.97. The molecule has 2 fully saturated rings. The number of carbonyl (C=O) groups is 1. The van der Waals surface area contributed by atoms with E-state index in [4.69, 9.17) is 4.52 Å². The van der Waals surface area contributed by atoms with Gasteiger partial charge in [0.15, 0.2) is 11.5 Å². The Morgan fingerprint density at radius 3 is 2.67 bits per heavy atom. The van der Waals surface area contributed by atoms with Gasteiger partial charge in [0.1, 0.15) is 0 Å². The molecule has 1 unspecified atom stereocenters. The Hall–Kier alpha value is -3.07. The third kappa shape index (κ3) is 3.09. The van der Waals surface area contributed by atoms with Crippen molar-refractivity contribution in [2.75, 3.05) is 26.7 Å². The van der Waals surface area contributed by atoms with E-state index in [1.165, 1.54) is 0 Å². The number of H-pyrrole nitrogens is 1. The third-order valence-corrected chi connectivity index (χ3v) is 6.58. The minimum Gasteiger partial charge on any atom is -0.338 e. The number of hydrogen-bond donors (Lipinski definition) is 1. The summed E-state index contributed by atoms with van der Waals surface area (Å²) >= 11 is 0. The van der Waals surface area contributed by atoms with Gasteiger partial charge < -0.3 is 9.42 Å². The number of likely N-dealkylation sites (tertiary alicyclic amines) is 2. The molecule has 5 rings (SSSR count). The molecule has 0 bridgehead atoms. The number of carbonyl (C=O) groups excluding carboxylic acids is 1. The Labute approximate surface area is 173 Å². The molecular formula is C21H24N6O3. The van der Waals surface area contributed by atoms with Gasteiger partial charge in [-0.3, -0.25) is 14.5 Å². The lowest BCUT2D eigenvalue weighted by molar-refractivity contribution is 0.0588. The van der Waals surface area contributed by atoms with Gasteiger partial charge >= 0.3 is 0 Å². The van der Waals surface area contributed by atoms with Gasteiger partial charge in [0.05, 0.1) is 11.4 Å². The molecular weight excluding hydrogens is 384 g/mol. The molecule has 9 nitrogen and oxygen atoms in total. The second-order valence-electron chi connectivity index (χ2n) is 8.55. The van der Waals surface area contributed by atoms with E-state index in [1.807, 2.05) is 17.9 Å². The van der Waals surface area contributed by atoms with Crippen LogP contribution in [0.1, 0.15) is 47.5 Å². The van der Waals surface area contributed by atoms with Crippen molar-refractivity contribution in [1.29, 1.82) is 0 Å². The summed E-state index contributed by atoms with van der Waals surface area (Å²) in [6, 6.07) is 7.22. The summed E-state index contributed by atoms with van der Waals surface area (Å²) in [6.45, 7) is 4.10. The number of hydrogen-bond acceptors (Lipinski definition) is 7. The van der Waals surface area contributed by atoms with Crippen LogP contribution < -0.4 is 5.56 Å². The smallest absolute Gasteiger partial charge is 0.274 e. The highest BCUT2D eigenvalue weighted by molar-refractivity contribution is 6.04. The number of nitrogens with one attached hydrogen (secondary N) is 1. The summed E-state index contributed by atoms with van der Waals surface area (Å²) in [7, 11) is 2.09. The van der Waals surface area contributed by atoms with Crippen molar-refractivity contribution in [3.8, 4) is 0 Å². The van der Waals surface area contributed by atoms with Gasteiger partial charge in [0.25, 0.3) is 11.5 Å². The maximum absolute atomic E-state index is 13.2. The van der Waals surface area contributed by atoms with Crippen molar-refractivity contribution in [1.82, 2.24) is 30.1 Å². The number of aromatic nitrogens is 4. The van der Waals surface area contributed by atoms with Crippen molar-refractivity contribution in [3.63, 3.8) is 0 Å².